The van der Waals surface area contributed by atoms with E-state index in [0.717, 1.165) is 12.2 Å². The van der Waals surface area contributed by atoms with Crippen LogP contribution < -0.4 is 0 Å². The molecule has 0 aliphatic carbocycles. The van der Waals surface area contributed by atoms with Gasteiger partial charge in [0.2, 0.25) is 0 Å². The van der Waals surface area contributed by atoms with Crippen molar-refractivity contribution < 1.29 is 43.5 Å². The van der Waals surface area contributed by atoms with Gasteiger partial charge in [0, 0.05) is 18.6 Å². The molecule has 6 unspecified atom stereocenters. The third kappa shape index (κ3) is 13.4. The van der Waals surface area contributed by atoms with Crippen LogP contribution in [0.5, 0.6) is 0 Å². The monoisotopic (exact) mass is 432 g/mol. The van der Waals surface area contributed by atoms with Gasteiger partial charge in [0.25, 0.3) is 0 Å². The van der Waals surface area contributed by atoms with E-state index >= 15 is 0 Å². The fraction of sp³-hybridized carbons (Fsp3) is 0.714. The van der Waals surface area contributed by atoms with E-state index in [-0.39, 0.29) is 39.0 Å². The molecule has 9 heteroatoms. The van der Waals surface area contributed by atoms with Crippen molar-refractivity contribution in [2.45, 2.75) is 70.7 Å². The van der Waals surface area contributed by atoms with Gasteiger partial charge >= 0.3 is 11.9 Å². The van der Waals surface area contributed by atoms with Gasteiger partial charge in [0.1, 0.15) is 12.2 Å². The predicted molar refractivity (Wildman–Crippen MR) is 110 cm³/mol. The summed E-state index contributed by atoms with van der Waals surface area (Å²) in [5, 5.41) is 18.9. The van der Waals surface area contributed by atoms with E-state index in [4.69, 9.17) is 23.7 Å². The summed E-state index contributed by atoms with van der Waals surface area (Å²) in [4.78, 5) is 22.9. The van der Waals surface area contributed by atoms with Gasteiger partial charge < -0.3 is 33.9 Å². The highest BCUT2D eigenvalue weighted by Crippen LogP contribution is 2.15. The van der Waals surface area contributed by atoms with Crippen LogP contribution >= 0.6 is 0 Å². The number of carbonyl (C=O) groups excluding carboxylic acids is 2. The Hall–Kier alpha value is -1.78. The van der Waals surface area contributed by atoms with E-state index < -0.39 is 42.5 Å². The molecule has 0 fully saturated rings. The van der Waals surface area contributed by atoms with E-state index in [9.17, 15) is 19.8 Å². The van der Waals surface area contributed by atoms with Crippen LogP contribution in [0.4, 0.5) is 0 Å². The average molecular weight is 433 g/mol. The van der Waals surface area contributed by atoms with Gasteiger partial charge in [-0.3, -0.25) is 0 Å². The molecule has 174 valence electrons. The molecule has 0 spiro atoms. The molecule has 0 saturated carbocycles. The van der Waals surface area contributed by atoms with Crippen molar-refractivity contribution in [3.05, 3.63) is 25.3 Å². The van der Waals surface area contributed by atoms with Gasteiger partial charge in [-0.05, 0) is 27.7 Å². The lowest BCUT2D eigenvalue weighted by Crippen LogP contribution is -2.38. The molecule has 0 aliphatic heterocycles. The Balaban J connectivity index is 4.79. The topological polar surface area (TPSA) is 121 Å². The van der Waals surface area contributed by atoms with Crippen molar-refractivity contribution in [3.8, 4) is 0 Å². The summed E-state index contributed by atoms with van der Waals surface area (Å²) in [7, 11) is 0. The molecule has 0 heterocycles. The summed E-state index contributed by atoms with van der Waals surface area (Å²) in [6.45, 7) is 13.6. The zero-order valence-corrected chi connectivity index (χ0v) is 18.3. The summed E-state index contributed by atoms with van der Waals surface area (Å²) < 4.78 is 27.1. The molecule has 0 bridgehead atoms. The standard InChI is InChI=1S/C21H36O9/c1-7-20(24)29-16(5)13-27-17(6)19(30-21(25)8-2)9-18(10-22)28-12-15(4)26-11-14(3)23/h7-8,14-19,22-23H,1-2,9-13H2,3-6H3. The molecule has 0 radical (unpaired) electrons. The first-order valence-electron chi connectivity index (χ1n) is 9.92. The highest BCUT2D eigenvalue weighted by molar-refractivity contribution is 5.81. The second kappa shape index (κ2) is 16.0. The van der Waals surface area contributed by atoms with E-state index in [1.165, 1.54) is 0 Å². The molecular weight excluding hydrogens is 396 g/mol. The maximum Gasteiger partial charge on any atom is 0.330 e. The van der Waals surface area contributed by atoms with E-state index in [2.05, 4.69) is 13.2 Å². The van der Waals surface area contributed by atoms with Crippen molar-refractivity contribution in [2.24, 2.45) is 0 Å². The van der Waals surface area contributed by atoms with Gasteiger partial charge in [-0.2, -0.15) is 0 Å². The Bertz CT molecular complexity index is 521. The molecule has 2 N–H and O–H groups in total. The van der Waals surface area contributed by atoms with E-state index in [1.807, 2.05) is 0 Å². The Morgan fingerprint density at radius 3 is 1.97 bits per heavy atom. The molecule has 0 rings (SSSR count). The van der Waals surface area contributed by atoms with Crippen LogP contribution in [-0.4, -0.2) is 85.2 Å². The fourth-order valence-electron chi connectivity index (χ4n) is 2.29. The largest absolute Gasteiger partial charge is 0.457 e. The number of hydrogen-bond donors (Lipinski definition) is 2. The number of carbonyl (C=O) groups is 2. The molecule has 0 aromatic rings. The van der Waals surface area contributed by atoms with Crippen molar-refractivity contribution in [1.29, 1.82) is 0 Å². The fourth-order valence-corrected chi connectivity index (χ4v) is 2.29. The summed E-state index contributed by atoms with van der Waals surface area (Å²) in [6.07, 6.45) is -1.08. The van der Waals surface area contributed by atoms with Crippen LogP contribution in [0.3, 0.4) is 0 Å². The maximum atomic E-state index is 11.7. The van der Waals surface area contributed by atoms with Gasteiger partial charge in [0.05, 0.1) is 50.8 Å². The average Bonchev–Trinajstić information content (AvgIpc) is 2.71. The van der Waals surface area contributed by atoms with Crippen LogP contribution in [0.1, 0.15) is 34.1 Å². The van der Waals surface area contributed by atoms with Crippen molar-refractivity contribution in [1.82, 2.24) is 0 Å². The molecule has 0 amide bonds. The van der Waals surface area contributed by atoms with Crippen molar-refractivity contribution >= 4 is 11.9 Å². The quantitative estimate of drug-likeness (QED) is 0.258. The van der Waals surface area contributed by atoms with Gasteiger partial charge in [-0.15, -0.1) is 0 Å². The van der Waals surface area contributed by atoms with Crippen LogP contribution in [-0.2, 0) is 33.3 Å². The minimum absolute atomic E-state index is 0.0811. The summed E-state index contributed by atoms with van der Waals surface area (Å²) in [5.41, 5.74) is 0. The Morgan fingerprint density at radius 2 is 1.43 bits per heavy atom. The molecule has 0 aromatic heterocycles. The van der Waals surface area contributed by atoms with Crippen LogP contribution in [0.25, 0.3) is 0 Å². The normalized spacial score (nSPS) is 17.1. The van der Waals surface area contributed by atoms with Gasteiger partial charge in [0.15, 0.2) is 0 Å². The van der Waals surface area contributed by atoms with Gasteiger partial charge in [-0.25, -0.2) is 9.59 Å². The molecule has 30 heavy (non-hydrogen) atoms. The van der Waals surface area contributed by atoms with Crippen molar-refractivity contribution in [2.75, 3.05) is 26.4 Å². The lowest BCUT2D eigenvalue weighted by atomic mass is 10.1. The summed E-state index contributed by atoms with van der Waals surface area (Å²) in [5.74, 6) is -1.19. The lowest BCUT2D eigenvalue weighted by Gasteiger charge is -2.28. The number of hydrogen-bond acceptors (Lipinski definition) is 9. The highest BCUT2D eigenvalue weighted by atomic mass is 16.6. The number of rotatable bonds is 17. The molecule has 0 aromatic carbocycles. The predicted octanol–water partition coefficient (Wildman–Crippen LogP) is 1.16. The maximum absolute atomic E-state index is 11.7. The lowest BCUT2D eigenvalue weighted by molar-refractivity contribution is -0.160. The number of aliphatic hydroxyl groups is 2. The summed E-state index contributed by atoms with van der Waals surface area (Å²) >= 11 is 0. The third-order valence-corrected chi connectivity index (χ3v) is 3.92. The van der Waals surface area contributed by atoms with Gasteiger partial charge in [-0.1, -0.05) is 13.2 Å². The zero-order valence-electron chi connectivity index (χ0n) is 18.3. The Labute approximate surface area is 178 Å². The molecule has 6 atom stereocenters. The third-order valence-electron chi connectivity index (χ3n) is 3.92. The Morgan fingerprint density at radius 1 is 0.867 bits per heavy atom. The van der Waals surface area contributed by atoms with E-state index in [0.29, 0.717) is 0 Å². The first-order chi connectivity index (χ1) is 14.1. The number of ether oxygens (including phenoxy) is 5. The minimum atomic E-state index is -0.733. The minimum Gasteiger partial charge on any atom is -0.457 e. The first-order valence-corrected chi connectivity index (χ1v) is 9.92. The summed E-state index contributed by atoms with van der Waals surface area (Å²) in [6, 6.07) is 0. The Kier molecular flexibility index (Phi) is 15.0. The number of aliphatic hydroxyl groups excluding tert-OH is 2. The van der Waals surface area contributed by atoms with Crippen LogP contribution in [0, 0.1) is 0 Å². The highest BCUT2D eigenvalue weighted by Gasteiger charge is 2.27. The van der Waals surface area contributed by atoms with Crippen molar-refractivity contribution in [3.63, 3.8) is 0 Å². The van der Waals surface area contributed by atoms with Crippen LogP contribution in [0.15, 0.2) is 25.3 Å². The zero-order chi connectivity index (χ0) is 23.1. The SMILES string of the molecule is C=CC(=O)OC(C)COC(C)C(CC(CO)OCC(C)OCC(C)O)OC(=O)C=C. The molecule has 9 nitrogen and oxygen atoms in total. The first kappa shape index (κ1) is 28.2. The molecule has 0 saturated heterocycles. The second-order valence-electron chi connectivity index (χ2n) is 7.04. The molecular formula is C21H36O9. The smallest absolute Gasteiger partial charge is 0.330 e. The molecule has 0 aliphatic rings. The van der Waals surface area contributed by atoms with E-state index in [1.54, 1.807) is 27.7 Å². The number of esters is 2. The second-order valence-corrected chi connectivity index (χ2v) is 7.04. The van der Waals surface area contributed by atoms with Crippen LogP contribution in [0.2, 0.25) is 0 Å².